The quantitative estimate of drug-likeness (QED) is 0.768. The fourth-order valence-corrected chi connectivity index (χ4v) is 3.88. The number of hydrogen-bond acceptors (Lipinski definition) is 4. The van der Waals surface area contributed by atoms with Gasteiger partial charge in [0.15, 0.2) is 0 Å². The minimum atomic E-state index is -5.47. The van der Waals surface area contributed by atoms with E-state index >= 15 is 0 Å². The number of nitrogens with zero attached hydrogens (tertiary/aromatic N) is 1. The number of halogens is 3. The molecule has 1 aliphatic rings. The summed E-state index contributed by atoms with van der Waals surface area (Å²) in [7, 11) is -5.47. The van der Waals surface area contributed by atoms with Gasteiger partial charge in [-0.15, -0.1) is 0 Å². The average molecular weight is 440 g/mol. The highest BCUT2D eigenvalue weighted by Crippen LogP contribution is 2.30. The van der Waals surface area contributed by atoms with Gasteiger partial charge in [-0.05, 0) is 54.8 Å². The number of rotatable bonds is 5. The van der Waals surface area contributed by atoms with Crippen LogP contribution >= 0.6 is 0 Å². The Morgan fingerprint density at radius 3 is 2.40 bits per heavy atom. The smallest absolute Gasteiger partial charge is 0.338 e. The lowest BCUT2D eigenvalue weighted by atomic mass is 10.1. The molecule has 0 aliphatic carbocycles. The maximum absolute atomic E-state index is 12.6. The average Bonchev–Trinajstić information content (AvgIpc) is 2.69. The standard InChI is InChI=1S/C20H19F3N2O4S/c21-20(22,23)30(28,29)17-9-7-15(8-10-17)19(27)24-16-5-3-4-14(12-16)13-25-11-2-1-6-18(25)26/h3-5,7-10,12H,1-2,6,11,13H2,(H,24,27). The third-order valence-electron chi connectivity index (χ3n) is 4.71. The molecular weight excluding hydrogens is 421 g/mol. The molecule has 2 aromatic rings. The Labute approximate surface area is 171 Å². The zero-order valence-electron chi connectivity index (χ0n) is 15.8. The number of anilines is 1. The fraction of sp³-hybridized carbons (Fsp3) is 0.300. The van der Waals surface area contributed by atoms with Crippen LogP contribution in [0.3, 0.4) is 0 Å². The van der Waals surface area contributed by atoms with Crippen molar-refractivity contribution in [2.75, 3.05) is 11.9 Å². The summed E-state index contributed by atoms with van der Waals surface area (Å²) in [5, 5.41) is 2.62. The second kappa shape index (κ2) is 8.47. The zero-order chi connectivity index (χ0) is 21.9. The van der Waals surface area contributed by atoms with Gasteiger partial charge in [0.25, 0.3) is 15.7 Å². The van der Waals surface area contributed by atoms with Crippen LogP contribution in [0.4, 0.5) is 18.9 Å². The molecule has 1 fully saturated rings. The Kier molecular flexibility index (Phi) is 6.16. The van der Waals surface area contributed by atoms with E-state index in [1.807, 2.05) is 6.07 Å². The molecule has 30 heavy (non-hydrogen) atoms. The van der Waals surface area contributed by atoms with Crippen molar-refractivity contribution >= 4 is 27.3 Å². The van der Waals surface area contributed by atoms with E-state index in [1.165, 1.54) is 0 Å². The number of likely N-dealkylation sites (tertiary alicyclic amines) is 1. The molecule has 1 saturated heterocycles. The Hall–Kier alpha value is -2.88. The Morgan fingerprint density at radius 2 is 1.77 bits per heavy atom. The summed E-state index contributed by atoms with van der Waals surface area (Å²) < 4.78 is 60.6. The number of amides is 2. The van der Waals surface area contributed by atoms with Crippen molar-refractivity contribution in [2.24, 2.45) is 0 Å². The molecular formula is C20H19F3N2O4S. The van der Waals surface area contributed by atoms with E-state index in [0.717, 1.165) is 42.7 Å². The van der Waals surface area contributed by atoms with Gasteiger partial charge in [-0.25, -0.2) is 8.42 Å². The van der Waals surface area contributed by atoms with Crippen molar-refractivity contribution < 1.29 is 31.2 Å². The van der Waals surface area contributed by atoms with Crippen LogP contribution in [0.25, 0.3) is 0 Å². The minimum absolute atomic E-state index is 0.00716. The number of sulfone groups is 1. The largest absolute Gasteiger partial charge is 0.501 e. The number of benzene rings is 2. The number of hydrogen-bond donors (Lipinski definition) is 1. The van der Waals surface area contributed by atoms with Gasteiger partial charge in [-0.1, -0.05) is 12.1 Å². The van der Waals surface area contributed by atoms with Crippen LogP contribution in [0.1, 0.15) is 35.2 Å². The number of alkyl halides is 3. The molecule has 1 heterocycles. The Balaban J connectivity index is 1.70. The number of nitrogens with one attached hydrogen (secondary N) is 1. The molecule has 10 heteroatoms. The number of carbonyl (C=O) groups excluding carboxylic acids is 2. The lowest BCUT2D eigenvalue weighted by Gasteiger charge is -2.26. The van der Waals surface area contributed by atoms with Crippen LogP contribution in [0.5, 0.6) is 0 Å². The van der Waals surface area contributed by atoms with Gasteiger partial charge in [0.2, 0.25) is 5.91 Å². The van der Waals surface area contributed by atoms with Gasteiger partial charge < -0.3 is 10.2 Å². The summed E-state index contributed by atoms with van der Waals surface area (Å²) in [6.45, 7) is 1.11. The van der Waals surface area contributed by atoms with E-state index in [0.29, 0.717) is 25.2 Å². The van der Waals surface area contributed by atoms with E-state index in [4.69, 9.17) is 0 Å². The summed E-state index contributed by atoms with van der Waals surface area (Å²) >= 11 is 0. The first-order valence-electron chi connectivity index (χ1n) is 9.17. The maximum Gasteiger partial charge on any atom is 0.501 e. The normalized spacial score (nSPS) is 15.2. The first-order valence-corrected chi connectivity index (χ1v) is 10.7. The van der Waals surface area contributed by atoms with Gasteiger partial charge >= 0.3 is 5.51 Å². The van der Waals surface area contributed by atoms with Crippen LogP contribution in [0.15, 0.2) is 53.4 Å². The molecule has 0 bridgehead atoms. The first-order chi connectivity index (χ1) is 14.1. The second-order valence-corrected chi connectivity index (χ2v) is 8.84. The molecule has 0 spiro atoms. The van der Waals surface area contributed by atoms with Crippen molar-refractivity contribution in [3.63, 3.8) is 0 Å². The van der Waals surface area contributed by atoms with Crippen LogP contribution in [-0.4, -0.2) is 37.2 Å². The van der Waals surface area contributed by atoms with Crippen LogP contribution in [0.2, 0.25) is 0 Å². The molecule has 2 amide bonds. The molecule has 0 aromatic heterocycles. The third kappa shape index (κ3) is 4.81. The highest BCUT2D eigenvalue weighted by atomic mass is 32.2. The predicted octanol–water partition coefficient (Wildman–Crippen LogP) is 3.74. The highest BCUT2D eigenvalue weighted by Gasteiger charge is 2.46. The van der Waals surface area contributed by atoms with Crippen molar-refractivity contribution in [3.05, 3.63) is 59.7 Å². The van der Waals surface area contributed by atoms with Crippen molar-refractivity contribution in [3.8, 4) is 0 Å². The summed E-state index contributed by atoms with van der Waals surface area (Å²) in [4.78, 5) is 25.2. The predicted molar refractivity (Wildman–Crippen MR) is 103 cm³/mol. The molecule has 2 aromatic carbocycles. The van der Waals surface area contributed by atoms with Crippen molar-refractivity contribution in [2.45, 2.75) is 36.2 Å². The molecule has 0 radical (unpaired) electrons. The van der Waals surface area contributed by atoms with Gasteiger partial charge in [0.1, 0.15) is 0 Å². The van der Waals surface area contributed by atoms with Crippen molar-refractivity contribution in [1.82, 2.24) is 4.90 Å². The molecule has 0 unspecified atom stereocenters. The van der Waals surface area contributed by atoms with Gasteiger partial charge in [0, 0.05) is 30.8 Å². The van der Waals surface area contributed by atoms with E-state index in [2.05, 4.69) is 5.32 Å². The minimum Gasteiger partial charge on any atom is -0.338 e. The summed E-state index contributed by atoms with van der Waals surface area (Å²) in [5.41, 5.74) is -4.12. The zero-order valence-corrected chi connectivity index (χ0v) is 16.6. The Bertz CT molecular complexity index is 1050. The molecule has 3 rings (SSSR count). The summed E-state index contributed by atoms with van der Waals surface area (Å²) in [6, 6.07) is 10.4. The maximum atomic E-state index is 12.6. The van der Waals surface area contributed by atoms with E-state index < -0.39 is 26.1 Å². The first kappa shape index (κ1) is 21.8. The molecule has 160 valence electrons. The van der Waals surface area contributed by atoms with Gasteiger partial charge in [-0.3, -0.25) is 9.59 Å². The molecule has 1 N–H and O–H groups in total. The molecule has 0 saturated carbocycles. The molecule has 0 atom stereocenters. The fourth-order valence-electron chi connectivity index (χ4n) is 3.12. The summed E-state index contributed by atoms with van der Waals surface area (Å²) in [6.07, 6.45) is 2.35. The number of piperidine rings is 1. The molecule has 1 aliphatic heterocycles. The van der Waals surface area contributed by atoms with Gasteiger partial charge in [-0.2, -0.15) is 13.2 Å². The monoisotopic (exact) mass is 440 g/mol. The van der Waals surface area contributed by atoms with Crippen LogP contribution in [-0.2, 0) is 21.2 Å². The van der Waals surface area contributed by atoms with Crippen LogP contribution < -0.4 is 5.32 Å². The number of carbonyl (C=O) groups is 2. The van der Waals surface area contributed by atoms with Gasteiger partial charge in [0.05, 0.1) is 4.90 Å². The lowest BCUT2D eigenvalue weighted by molar-refractivity contribution is -0.133. The third-order valence-corrected chi connectivity index (χ3v) is 6.21. The lowest BCUT2D eigenvalue weighted by Crippen LogP contribution is -2.34. The topological polar surface area (TPSA) is 83.6 Å². The van der Waals surface area contributed by atoms with E-state index in [1.54, 1.807) is 23.1 Å². The van der Waals surface area contributed by atoms with E-state index in [-0.39, 0.29) is 11.5 Å². The van der Waals surface area contributed by atoms with Crippen LogP contribution in [0, 0.1) is 0 Å². The second-order valence-electron chi connectivity index (χ2n) is 6.90. The Morgan fingerprint density at radius 1 is 1.07 bits per heavy atom. The molecule has 6 nitrogen and oxygen atoms in total. The van der Waals surface area contributed by atoms with Crippen molar-refractivity contribution in [1.29, 1.82) is 0 Å². The highest BCUT2D eigenvalue weighted by molar-refractivity contribution is 7.92. The summed E-state index contributed by atoms with van der Waals surface area (Å²) in [5.74, 6) is -0.512. The van der Waals surface area contributed by atoms with E-state index in [9.17, 15) is 31.2 Å². The SMILES string of the molecule is O=C(Nc1cccc(CN2CCCCC2=O)c1)c1ccc(S(=O)(=O)C(F)(F)F)cc1.